The summed E-state index contributed by atoms with van der Waals surface area (Å²) in [7, 11) is 0. The number of rotatable bonds is 2. The maximum absolute atomic E-state index is 13.1. The van der Waals surface area contributed by atoms with Gasteiger partial charge in [0.1, 0.15) is 11.6 Å². The van der Waals surface area contributed by atoms with Gasteiger partial charge in [-0.1, -0.05) is 11.2 Å². The molecule has 3 aromatic rings. The fourth-order valence-electron chi connectivity index (χ4n) is 1.56. The average Bonchev–Trinajstić information content (AvgIpc) is 2.73. The third kappa shape index (κ3) is 1.82. The van der Waals surface area contributed by atoms with Gasteiger partial charge in [0.25, 0.3) is 0 Å². The number of aromatic nitrogens is 2. The Bertz CT molecular complexity index is 651. The molecule has 0 spiro atoms. The van der Waals surface area contributed by atoms with Crippen LogP contribution in [0.5, 0.6) is 0 Å². The molecular weight excluding hydrogens is 221 g/mol. The largest absolute Gasteiger partial charge is 0.354 e. The Morgan fingerprint density at radius 3 is 2.94 bits per heavy atom. The zero-order chi connectivity index (χ0) is 11.7. The fourth-order valence-corrected chi connectivity index (χ4v) is 1.56. The van der Waals surface area contributed by atoms with Gasteiger partial charge >= 0.3 is 0 Å². The summed E-state index contributed by atoms with van der Waals surface area (Å²) in [5, 5.41) is 7.40. The number of hydrogen-bond acceptors (Lipinski definition) is 4. The molecule has 3 rings (SSSR count). The summed E-state index contributed by atoms with van der Waals surface area (Å²) in [6, 6.07) is 9.69. The fraction of sp³-hybridized carbons (Fsp3) is 0. The van der Waals surface area contributed by atoms with Crippen LogP contribution in [0, 0.1) is 5.82 Å². The van der Waals surface area contributed by atoms with Crippen molar-refractivity contribution in [2.75, 3.05) is 5.32 Å². The van der Waals surface area contributed by atoms with Crippen LogP contribution >= 0.6 is 0 Å². The van der Waals surface area contributed by atoms with Crippen LogP contribution in [-0.2, 0) is 0 Å². The normalized spacial score (nSPS) is 10.6. The Hall–Kier alpha value is -2.43. The lowest BCUT2D eigenvalue weighted by atomic mass is 10.2. The van der Waals surface area contributed by atoms with Gasteiger partial charge in [-0.25, -0.2) is 9.37 Å². The summed E-state index contributed by atoms with van der Waals surface area (Å²) < 4.78 is 18.2. The average molecular weight is 229 g/mol. The van der Waals surface area contributed by atoms with Gasteiger partial charge in [0, 0.05) is 6.20 Å². The Morgan fingerprint density at radius 1 is 1.18 bits per heavy atom. The Labute approximate surface area is 96.1 Å². The van der Waals surface area contributed by atoms with Gasteiger partial charge in [0.2, 0.25) is 0 Å². The zero-order valence-electron chi connectivity index (χ0n) is 8.72. The van der Waals surface area contributed by atoms with Crippen molar-refractivity contribution in [3.8, 4) is 0 Å². The first kappa shape index (κ1) is 9.77. The molecule has 2 heterocycles. The minimum atomic E-state index is -0.329. The van der Waals surface area contributed by atoms with Gasteiger partial charge in [0.05, 0.1) is 5.39 Å². The van der Waals surface area contributed by atoms with Gasteiger partial charge in [-0.15, -0.1) is 0 Å². The third-order valence-corrected chi connectivity index (χ3v) is 2.34. The number of fused-ring (bicyclic) bond motifs is 1. The molecule has 0 saturated carbocycles. The second kappa shape index (κ2) is 3.86. The lowest BCUT2D eigenvalue weighted by Gasteiger charge is -2.00. The molecule has 17 heavy (non-hydrogen) atoms. The molecule has 0 unspecified atom stereocenters. The molecular formula is C12H8FN3O. The number of benzene rings is 1. The lowest BCUT2D eigenvalue weighted by Crippen LogP contribution is -1.92. The van der Waals surface area contributed by atoms with Crippen molar-refractivity contribution in [2.24, 2.45) is 0 Å². The number of hydrogen-bond donors (Lipinski definition) is 1. The summed E-state index contributed by atoms with van der Waals surface area (Å²) in [5.41, 5.74) is 0.532. The van der Waals surface area contributed by atoms with Crippen molar-refractivity contribution in [3.63, 3.8) is 0 Å². The molecule has 0 amide bonds. The minimum Gasteiger partial charge on any atom is -0.354 e. The smallest absolute Gasteiger partial charge is 0.183 e. The summed E-state index contributed by atoms with van der Waals surface area (Å²) in [6.45, 7) is 0. The van der Waals surface area contributed by atoms with Gasteiger partial charge in [-0.05, 0) is 30.3 Å². The van der Waals surface area contributed by atoms with E-state index in [0.29, 0.717) is 22.6 Å². The first-order chi connectivity index (χ1) is 8.33. The SMILES string of the molecule is Fc1ccc2onc(Nc3ccccn3)c2c1. The Kier molecular flexibility index (Phi) is 2.22. The molecule has 0 atom stereocenters. The maximum Gasteiger partial charge on any atom is 0.183 e. The van der Waals surface area contributed by atoms with E-state index in [2.05, 4.69) is 15.5 Å². The molecule has 0 radical (unpaired) electrons. The van der Waals surface area contributed by atoms with Crippen molar-refractivity contribution in [2.45, 2.75) is 0 Å². The van der Waals surface area contributed by atoms with E-state index in [0.717, 1.165) is 0 Å². The summed E-state index contributed by atoms with van der Waals surface area (Å²) in [5.74, 6) is 0.759. The van der Waals surface area contributed by atoms with E-state index >= 15 is 0 Å². The van der Waals surface area contributed by atoms with Gasteiger partial charge < -0.3 is 9.84 Å². The van der Waals surface area contributed by atoms with E-state index < -0.39 is 0 Å². The molecule has 0 fully saturated rings. The van der Waals surface area contributed by atoms with Crippen molar-refractivity contribution in [1.29, 1.82) is 0 Å². The van der Waals surface area contributed by atoms with Crippen LogP contribution in [0.25, 0.3) is 11.0 Å². The highest BCUT2D eigenvalue weighted by Crippen LogP contribution is 2.25. The monoisotopic (exact) mass is 229 g/mol. The molecule has 0 aliphatic heterocycles. The molecule has 0 aliphatic rings. The molecule has 1 aromatic carbocycles. The molecule has 0 aliphatic carbocycles. The molecule has 5 heteroatoms. The molecule has 2 aromatic heterocycles. The topological polar surface area (TPSA) is 51.0 Å². The first-order valence-corrected chi connectivity index (χ1v) is 5.06. The lowest BCUT2D eigenvalue weighted by molar-refractivity contribution is 0.460. The van der Waals surface area contributed by atoms with E-state index in [4.69, 9.17) is 4.52 Å². The number of nitrogens with zero attached hydrogens (tertiary/aromatic N) is 2. The van der Waals surface area contributed by atoms with Crippen molar-refractivity contribution >= 4 is 22.6 Å². The third-order valence-electron chi connectivity index (χ3n) is 2.34. The zero-order valence-corrected chi connectivity index (χ0v) is 8.72. The van der Waals surface area contributed by atoms with Gasteiger partial charge in [0.15, 0.2) is 11.4 Å². The highest BCUT2D eigenvalue weighted by molar-refractivity contribution is 5.89. The van der Waals surface area contributed by atoms with E-state index in [-0.39, 0.29) is 5.82 Å². The predicted octanol–water partition coefficient (Wildman–Crippen LogP) is 3.11. The van der Waals surface area contributed by atoms with E-state index in [1.165, 1.54) is 12.1 Å². The van der Waals surface area contributed by atoms with Crippen LogP contribution in [0.3, 0.4) is 0 Å². The van der Waals surface area contributed by atoms with Crippen LogP contribution in [0.4, 0.5) is 16.0 Å². The first-order valence-electron chi connectivity index (χ1n) is 5.06. The van der Waals surface area contributed by atoms with E-state index in [1.807, 2.05) is 12.1 Å². The van der Waals surface area contributed by atoms with Crippen LogP contribution in [0.2, 0.25) is 0 Å². The molecule has 84 valence electrons. The Morgan fingerprint density at radius 2 is 2.12 bits per heavy atom. The molecule has 0 bridgehead atoms. The number of halogens is 1. The highest BCUT2D eigenvalue weighted by atomic mass is 19.1. The Balaban J connectivity index is 2.03. The summed E-state index contributed by atoms with van der Waals surface area (Å²) >= 11 is 0. The predicted molar refractivity (Wildman–Crippen MR) is 61.5 cm³/mol. The number of anilines is 2. The summed E-state index contributed by atoms with van der Waals surface area (Å²) in [6.07, 6.45) is 1.66. The maximum atomic E-state index is 13.1. The highest BCUT2D eigenvalue weighted by Gasteiger charge is 2.09. The van der Waals surface area contributed by atoms with E-state index in [1.54, 1.807) is 18.3 Å². The number of nitrogens with one attached hydrogen (secondary N) is 1. The van der Waals surface area contributed by atoms with Gasteiger partial charge in [-0.3, -0.25) is 0 Å². The second-order valence-corrected chi connectivity index (χ2v) is 3.51. The molecule has 0 saturated heterocycles. The van der Waals surface area contributed by atoms with Crippen molar-refractivity contribution in [1.82, 2.24) is 10.1 Å². The van der Waals surface area contributed by atoms with Crippen molar-refractivity contribution < 1.29 is 8.91 Å². The standard InChI is InChI=1S/C12H8FN3O/c13-8-4-5-10-9(7-8)12(16-17-10)15-11-3-1-2-6-14-11/h1-7H,(H,14,15,16). The quantitative estimate of drug-likeness (QED) is 0.733. The minimum absolute atomic E-state index is 0.329. The van der Waals surface area contributed by atoms with Crippen LogP contribution in [0.1, 0.15) is 0 Å². The second-order valence-electron chi connectivity index (χ2n) is 3.51. The van der Waals surface area contributed by atoms with Crippen molar-refractivity contribution in [3.05, 3.63) is 48.4 Å². The van der Waals surface area contributed by atoms with Crippen LogP contribution in [0.15, 0.2) is 47.1 Å². The van der Waals surface area contributed by atoms with E-state index in [9.17, 15) is 4.39 Å². The van der Waals surface area contributed by atoms with Crippen LogP contribution in [-0.4, -0.2) is 10.1 Å². The molecule has 1 N–H and O–H groups in total. The van der Waals surface area contributed by atoms with Crippen LogP contribution < -0.4 is 5.32 Å². The van der Waals surface area contributed by atoms with Gasteiger partial charge in [-0.2, -0.15) is 0 Å². The number of pyridine rings is 1. The molecule has 4 nitrogen and oxygen atoms in total. The summed E-state index contributed by atoms with van der Waals surface area (Å²) in [4.78, 5) is 4.10.